The van der Waals surface area contributed by atoms with Gasteiger partial charge in [-0.15, -0.1) is 0 Å². The fraction of sp³-hybridized carbons (Fsp3) is 0.417. The van der Waals surface area contributed by atoms with Crippen molar-refractivity contribution in [1.29, 1.82) is 0 Å². The lowest BCUT2D eigenvalue weighted by Gasteiger charge is -2.31. The molecule has 2 amide bonds. The summed E-state index contributed by atoms with van der Waals surface area (Å²) in [6, 6.07) is 11.6. The number of likely N-dealkylation sites (tertiary alicyclic amines) is 1. The van der Waals surface area contributed by atoms with Gasteiger partial charge in [0.2, 0.25) is 11.8 Å². The van der Waals surface area contributed by atoms with E-state index in [0.29, 0.717) is 50.0 Å². The van der Waals surface area contributed by atoms with Gasteiger partial charge in [0, 0.05) is 31.5 Å². The molecule has 1 heterocycles. The van der Waals surface area contributed by atoms with Crippen LogP contribution in [0.2, 0.25) is 0 Å². The van der Waals surface area contributed by atoms with Crippen LogP contribution in [0.1, 0.15) is 41.9 Å². The van der Waals surface area contributed by atoms with Crippen LogP contribution in [0.15, 0.2) is 42.5 Å². The standard InChI is InChI=1S/C24H26F2N2O2/c1-15-6-7-16(12-22(15)26)14-27-23(29)17-8-10-28(11-9-17)24(30)20-13-19(20)18-4-2-3-5-21(18)25/h2-7,12,17,19-20H,8-11,13-14H2,1H3,(H,27,29). The summed E-state index contributed by atoms with van der Waals surface area (Å²) < 4.78 is 27.6. The van der Waals surface area contributed by atoms with Gasteiger partial charge in [-0.1, -0.05) is 30.3 Å². The maximum absolute atomic E-state index is 13.9. The fourth-order valence-corrected chi connectivity index (χ4v) is 4.26. The van der Waals surface area contributed by atoms with Crippen LogP contribution in [0.4, 0.5) is 8.78 Å². The summed E-state index contributed by atoms with van der Waals surface area (Å²) in [5, 5.41) is 2.88. The SMILES string of the molecule is Cc1ccc(CNC(=O)C2CCN(C(=O)C3CC3c3ccccc3F)CC2)cc1F. The smallest absolute Gasteiger partial charge is 0.226 e. The first-order valence-corrected chi connectivity index (χ1v) is 10.5. The minimum atomic E-state index is -0.276. The summed E-state index contributed by atoms with van der Waals surface area (Å²) in [5.41, 5.74) is 1.93. The van der Waals surface area contributed by atoms with Crippen molar-refractivity contribution < 1.29 is 18.4 Å². The lowest BCUT2D eigenvalue weighted by molar-refractivity contribution is -0.136. The van der Waals surface area contributed by atoms with Crippen LogP contribution in [0.5, 0.6) is 0 Å². The molecule has 0 radical (unpaired) electrons. The second kappa shape index (κ2) is 8.54. The highest BCUT2D eigenvalue weighted by atomic mass is 19.1. The summed E-state index contributed by atoms with van der Waals surface area (Å²) in [6.45, 7) is 3.07. The fourth-order valence-electron chi connectivity index (χ4n) is 4.26. The maximum Gasteiger partial charge on any atom is 0.226 e. The molecule has 1 aliphatic carbocycles. The average molecular weight is 412 g/mol. The molecule has 2 aromatic rings. The molecule has 1 saturated carbocycles. The molecule has 1 N–H and O–H groups in total. The monoisotopic (exact) mass is 412 g/mol. The number of hydrogen-bond acceptors (Lipinski definition) is 2. The van der Waals surface area contributed by atoms with Gasteiger partial charge in [0.25, 0.3) is 0 Å². The quantitative estimate of drug-likeness (QED) is 0.809. The molecule has 4 rings (SSSR count). The minimum Gasteiger partial charge on any atom is -0.352 e. The molecule has 1 aliphatic heterocycles. The Labute approximate surface area is 175 Å². The maximum atomic E-state index is 13.9. The summed E-state index contributed by atoms with van der Waals surface area (Å²) in [6.07, 6.45) is 1.90. The third kappa shape index (κ3) is 4.37. The van der Waals surface area contributed by atoms with Gasteiger partial charge in [0.05, 0.1) is 0 Å². The van der Waals surface area contributed by atoms with Crippen LogP contribution in [0.3, 0.4) is 0 Å². The molecule has 158 valence electrons. The number of benzene rings is 2. The number of amides is 2. The molecule has 2 fully saturated rings. The number of aryl methyl sites for hydroxylation is 1. The van der Waals surface area contributed by atoms with E-state index in [0.717, 1.165) is 5.56 Å². The topological polar surface area (TPSA) is 49.4 Å². The number of hydrogen-bond donors (Lipinski definition) is 1. The zero-order valence-electron chi connectivity index (χ0n) is 17.0. The Balaban J connectivity index is 1.24. The van der Waals surface area contributed by atoms with Gasteiger partial charge < -0.3 is 10.2 Å². The zero-order chi connectivity index (χ0) is 21.3. The molecule has 30 heavy (non-hydrogen) atoms. The predicted molar refractivity (Wildman–Crippen MR) is 110 cm³/mol. The molecule has 2 atom stereocenters. The van der Waals surface area contributed by atoms with Gasteiger partial charge in [-0.05, 0) is 60.9 Å². The normalized spacial score (nSPS) is 21.4. The van der Waals surface area contributed by atoms with Gasteiger partial charge >= 0.3 is 0 Å². The van der Waals surface area contributed by atoms with E-state index in [9.17, 15) is 18.4 Å². The highest BCUT2D eigenvalue weighted by Crippen LogP contribution is 2.49. The molecule has 0 bridgehead atoms. The van der Waals surface area contributed by atoms with E-state index in [1.54, 1.807) is 31.2 Å². The predicted octanol–water partition coefficient (Wildman–Crippen LogP) is 3.93. The van der Waals surface area contributed by atoms with E-state index >= 15 is 0 Å². The van der Waals surface area contributed by atoms with Crippen molar-refractivity contribution in [2.24, 2.45) is 11.8 Å². The Hall–Kier alpha value is -2.76. The van der Waals surface area contributed by atoms with Crippen LogP contribution < -0.4 is 5.32 Å². The second-order valence-corrected chi connectivity index (χ2v) is 8.37. The van der Waals surface area contributed by atoms with E-state index in [2.05, 4.69) is 5.32 Å². The first-order valence-electron chi connectivity index (χ1n) is 10.5. The van der Waals surface area contributed by atoms with Crippen molar-refractivity contribution in [3.8, 4) is 0 Å². The minimum absolute atomic E-state index is 0.0328. The van der Waals surface area contributed by atoms with Crippen LogP contribution in [0, 0.1) is 30.4 Å². The Morgan fingerprint density at radius 3 is 2.50 bits per heavy atom. The van der Waals surface area contributed by atoms with E-state index in [1.165, 1.54) is 12.1 Å². The number of nitrogens with zero attached hydrogens (tertiary/aromatic N) is 1. The summed E-state index contributed by atoms with van der Waals surface area (Å²) >= 11 is 0. The lowest BCUT2D eigenvalue weighted by Crippen LogP contribution is -2.43. The van der Waals surface area contributed by atoms with Crippen LogP contribution in [-0.2, 0) is 16.1 Å². The first-order chi connectivity index (χ1) is 14.4. The number of halogens is 2. The first kappa shape index (κ1) is 20.5. The van der Waals surface area contributed by atoms with Crippen LogP contribution in [0.25, 0.3) is 0 Å². The Kier molecular flexibility index (Phi) is 5.84. The Bertz CT molecular complexity index is 954. The van der Waals surface area contributed by atoms with Crippen LogP contribution >= 0.6 is 0 Å². The third-order valence-corrected chi connectivity index (χ3v) is 6.29. The molecule has 2 aromatic carbocycles. The number of nitrogens with one attached hydrogen (secondary N) is 1. The third-order valence-electron chi connectivity index (χ3n) is 6.29. The van der Waals surface area contributed by atoms with Gasteiger partial charge in [0.1, 0.15) is 11.6 Å². The molecule has 6 heteroatoms. The Morgan fingerprint density at radius 1 is 1.07 bits per heavy atom. The van der Waals surface area contributed by atoms with Crippen molar-refractivity contribution >= 4 is 11.8 Å². The summed E-state index contributed by atoms with van der Waals surface area (Å²) in [4.78, 5) is 27.1. The molecule has 1 saturated heterocycles. The van der Waals surface area contributed by atoms with Gasteiger partial charge in [-0.3, -0.25) is 9.59 Å². The van der Waals surface area contributed by atoms with Gasteiger partial charge in [-0.2, -0.15) is 0 Å². The van der Waals surface area contributed by atoms with E-state index < -0.39 is 0 Å². The van der Waals surface area contributed by atoms with Crippen LogP contribution in [-0.4, -0.2) is 29.8 Å². The van der Waals surface area contributed by atoms with E-state index in [1.807, 2.05) is 11.0 Å². The van der Waals surface area contributed by atoms with E-state index in [4.69, 9.17) is 0 Å². The van der Waals surface area contributed by atoms with Crippen molar-refractivity contribution in [1.82, 2.24) is 10.2 Å². The number of carbonyl (C=O) groups is 2. The molecule has 4 nitrogen and oxygen atoms in total. The molecule has 0 aromatic heterocycles. The van der Waals surface area contributed by atoms with Crippen molar-refractivity contribution in [3.05, 3.63) is 70.8 Å². The second-order valence-electron chi connectivity index (χ2n) is 8.37. The molecule has 0 spiro atoms. The van der Waals surface area contributed by atoms with Crippen molar-refractivity contribution in [2.45, 2.75) is 38.6 Å². The Morgan fingerprint density at radius 2 is 1.80 bits per heavy atom. The molecule has 2 unspecified atom stereocenters. The number of piperidine rings is 1. The summed E-state index contributed by atoms with van der Waals surface area (Å²) in [5.74, 6) is -0.843. The number of rotatable bonds is 5. The largest absolute Gasteiger partial charge is 0.352 e. The summed E-state index contributed by atoms with van der Waals surface area (Å²) in [7, 11) is 0. The molecular weight excluding hydrogens is 386 g/mol. The number of carbonyl (C=O) groups excluding carboxylic acids is 2. The van der Waals surface area contributed by atoms with Crippen molar-refractivity contribution in [3.63, 3.8) is 0 Å². The average Bonchev–Trinajstić information content (AvgIpc) is 3.55. The van der Waals surface area contributed by atoms with E-state index in [-0.39, 0.29) is 41.2 Å². The van der Waals surface area contributed by atoms with Gasteiger partial charge in [0.15, 0.2) is 0 Å². The molecule has 2 aliphatic rings. The molecular formula is C24H26F2N2O2. The highest BCUT2D eigenvalue weighted by molar-refractivity contribution is 5.84. The van der Waals surface area contributed by atoms with Gasteiger partial charge in [-0.25, -0.2) is 8.78 Å². The zero-order valence-corrected chi connectivity index (χ0v) is 17.0. The van der Waals surface area contributed by atoms with Crippen molar-refractivity contribution in [2.75, 3.05) is 13.1 Å². The lowest BCUT2D eigenvalue weighted by atomic mass is 9.95. The highest BCUT2D eigenvalue weighted by Gasteiger charge is 2.47.